The van der Waals surface area contributed by atoms with Crippen LogP contribution >= 0.6 is 0 Å². The maximum absolute atomic E-state index is 13.7. The van der Waals surface area contributed by atoms with Gasteiger partial charge in [0.2, 0.25) is 0 Å². The van der Waals surface area contributed by atoms with E-state index >= 15 is 0 Å². The highest BCUT2D eigenvalue weighted by Crippen LogP contribution is 2.44. The zero-order chi connectivity index (χ0) is 26.2. The third-order valence-corrected chi connectivity index (χ3v) is 7.36. The maximum atomic E-state index is 13.7. The van der Waals surface area contributed by atoms with Gasteiger partial charge < -0.3 is 14.7 Å². The van der Waals surface area contributed by atoms with Gasteiger partial charge in [-0.3, -0.25) is 9.69 Å². The molecule has 4 rings (SSSR count). The van der Waals surface area contributed by atoms with Gasteiger partial charge in [-0.05, 0) is 59.0 Å². The largest absolute Gasteiger partial charge is 0.573 e. The second kappa shape index (κ2) is 10.4. The van der Waals surface area contributed by atoms with E-state index in [1.54, 1.807) is 24.6 Å². The lowest BCUT2D eigenvalue weighted by molar-refractivity contribution is -0.303. The Labute approximate surface area is 209 Å². The number of nitrogens with zero attached hydrogens (tertiary/aromatic N) is 4. The van der Waals surface area contributed by atoms with Crippen molar-refractivity contribution in [2.45, 2.75) is 83.3 Å². The van der Waals surface area contributed by atoms with Gasteiger partial charge in [0.25, 0.3) is 5.91 Å². The summed E-state index contributed by atoms with van der Waals surface area (Å²) in [4.78, 5) is 17.9. The summed E-state index contributed by atoms with van der Waals surface area (Å²) in [6.45, 7) is 11.0. The molecule has 0 bridgehead atoms. The van der Waals surface area contributed by atoms with E-state index in [1.807, 2.05) is 4.90 Å². The monoisotopic (exact) mass is 508 g/mol. The lowest BCUT2D eigenvalue weighted by Gasteiger charge is -2.38. The van der Waals surface area contributed by atoms with Gasteiger partial charge in [0.05, 0.1) is 28.8 Å². The molecule has 2 aliphatic heterocycles. The van der Waals surface area contributed by atoms with Crippen LogP contribution in [0, 0.1) is 6.92 Å². The molecular weight excluding hydrogens is 473 g/mol. The number of rotatable bonds is 7. The van der Waals surface area contributed by atoms with Crippen molar-refractivity contribution in [3.63, 3.8) is 0 Å². The number of aliphatic hydroxyl groups is 1. The molecule has 36 heavy (non-hydrogen) atoms. The molecule has 1 saturated carbocycles. The summed E-state index contributed by atoms with van der Waals surface area (Å²) in [7, 11) is 0. The lowest BCUT2D eigenvalue weighted by atomic mass is 10.0. The van der Waals surface area contributed by atoms with Crippen LogP contribution in [-0.4, -0.2) is 74.8 Å². The highest BCUT2D eigenvalue weighted by molar-refractivity contribution is 5.97. The maximum Gasteiger partial charge on any atom is 0.573 e. The lowest BCUT2D eigenvalue weighted by Crippen LogP contribution is -2.48. The first-order valence-corrected chi connectivity index (χ1v) is 12.6. The molecule has 198 valence electrons. The van der Waals surface area contributed by atoms with Crippen LogP contribution in [0.3, 0.4) is 0 Å². The van der Waals surface area contributed by atoms with E-state index in [-0.39, 0.29) is 17.9 Å². The number of aryl methyl sites for hydroxylation is 1. The van der Waals surface area contributed by atoms with E-state index < -0.39 is 12.1 Å². The molecule has 1 aromatic rings. The van der Waals surface area contributed by atoms with Crippen molar-refractivity contribution in [3.8, 4) is 0 Å². The minimum absolute atomic E-state index is 0.0801. The fourth-order valence-electron chi connectivity index (χ4n) is 5.51. The predicted octanol–water partition coefficient (Wildman–Crippen LogP) is 4.60. The average molecular weight is 509 g/mol. The van der Waals surface area contributed by atoms with Crippen molar-refractivity contribution in [2.24, 2.45) is 0 Å². The van der Waals surface area contributed by atoms with E-state index in [0.717, 1.165) is 43.9 Å². The number of aliphatic hydroxyl groups excluding tert-OH is 1. The number of halogens is 3. The standard InChI is InChI=1S/C26H35F3N4O3/c1-5-19(14-22(6-2)36-26(27,28)29)33-24(18-7-8-18)23(17(4)30-33)25(35)31-11-9-20(10-12-31)32-15-21(34)13-16(32)3/h5-6,14,16,18,20-21,34H,2,7-13,15H2,1,3-4H3/b19-5+,22-14+/t16-,21+/m0/s1. The number of allylic oxidation sites excluding steroid dienone is 4. The number of β-amino-alcohol motifs (C(OH)–C–C–N with tert-alkyl or cyclic N) is 1. The van der Waals surface area contributed by atoms with Crippen LogP contribution in [0.15, 0.2) is 30.6 Å². The Morgan fingerprint density at radius 3 is 2.39 bits per heavy atom. The van der Waals surface area contributed by atoms with E-state index in [2.05, 4.69) is 28.2 Å². The fraction of sp³-hybridized carbons (Fsp3) is 0.615. The van der Waals surface area contributed by atoms with Crippen LogP contribution in [0.1, 0.15) is 73.6 Å². The molecule has 2 saturated heterocycles. The van der Waals surface area contributed by atoms with Crippen molar-refractivity contribution < 1.29 is 27.8 Å². The van der Waals surface area contributed by atoms with Crippen LogP contribution in [0.4, 0.5) is 13.2 Å². The van der Waals surface area contributed by atoms with Gasteiger partial charge in [-0.15, -0.1) is 13.2 Å². The Bertz CT molecular complexity index is 1050. The summed E-state index contributed by atoms with van der Waals surface area (Å²) in [5, 5.41) is 14.6. The summed E-state index contributed by atoms with van der Waals surface area (Å²) in [6, 6.07) is 0.682. The van der Waals surface area contributed by atoms with Crippen LogP contribution in [0.2, 0.25) is 0 Å². The highest BCUT2D eigenvalue weighted by Gasteiger charge is 2.39. The number of hydrogen-bond acceptors (Lipinski definition) is 5. The van der Waals surface area contributed by atoms with E-state index in [0.29, 0.717) is 48.7 Å². The van der Waals surface area contributed by atoms with Crippen molar-refractivity contribution in [1.29, 1.82) is 0 Å². The van der Waals surface area contributed by atoms with Gasteiger partial charge in [-0.2, -0.15) is 5.10 Å². The molecule has 0 radical (unpaired) electrons. The summed E-state index contributed by atoms with van der Waals surface area (Å²) < 4.78 is 44.0. The van der Waals surface area contributed by atoms with Crippen LogP contribution in [0.25, 0.3) is 5.70 Å². The summed E-state index contributed by atoms with van der Waals surface area (Å²) in [5.41, 5.74) is 2.24. The quantitative estimate of drug-likeness (QED) is 0.431. The minimum Gasteiger partial charge on any atom is -0.406 e. The molecule has 1 amide bonds. The zero-order valence-corrected chi connectivity index (χ0v) is 21.1. The molecule has 1 N–H and O–H groups in total. The molecular formula is C26H35F3N4O3. The molecule has 3 heterocycles. The number of alkyl halides is 3. The topological polar surface area (TPSA) is 70.8 Å². The number of amides is 1. The number of likely N-dealkylation sites (tertiary alicyclic amines) is 2. The number of carbonyl (C=O) groups is 1. The molecule has 0 unspecified atom stereocenters. The number of ether oxygens (including phenoxy) is 1. The van der Waals surface area contributed by atoms with Gasteiger partial charge >= 0.3 is 6.36 Å². The van der Waals surface area contributed by atoms with E-state index in [4.69, 9.17) is 0 Å². The Morgan fingerprint density at radius 1 is 1.22 bits per heavy atom. The SMILES string of the molecule is C=C/C(=C\C(=C/C)n1nc(C)c(C(=O)N2CCC(N3C[C@H](O)C[C@@H]3C)CC2)c1C1CC1)OC(F)(F)F. The smallest absolute Gasteiger partial charge is 0.406 e. The normalized spacial score (nSPS) is 24.9. The summed E-state index contributed by atoms with van der Waals surface area (Å²) in [6.07, 6.45) is 3.03. The number of aromatic nitrogens is 2. The van der Waals surface area contributed by atoms with E-state index in [1.165, 1.54) is 6.08 Å². The average Bonchev–Trinajstić information content (AvgIpc) is 3.52. The molecule has 0 aromatic carbocycles. The molecule has 3 aliphatic rings. The van der Waals surface area contributed by atoms with Gasteiger partial charge in [0.1, 0.15) is 5.76 Å². The van der Waals surface area contributed by atoms with Gasteiger partial charge in [0, 0.05) is 43.7 Å². The molecule has 1 aromatic heterocycles. The zero-order valence-electron chi connectivity index (χ0n) is 21.1. The second-order valence-electron chi connectivity index (χ2n) is 10.0. The molecule has 0 spiro atoms. The molecule has 1 aliphatic carbocycles. The third kappa shape index (κ3) is 5.70. The van der Waals surface area contributed by atoms with E-state index in [9.17, 15) is 23.1 Å². The Kier molecular flexibility index (Phi) is 7.66. The van der Waals surface area contributed by atoms with Gasteiger partial charge in [-0.25, -0.2) is 4.68 Å². The summed E-state index contributed by atoms with van der Waals surface area (Å²) >= 11 is 0. The van der Waals surface area contributed by atoms with Crippen molar-refractivity contribution in [2.75, 3.05) is 19.6 Å². The van der Waals surface area contributed by atoms with Crippen LogP contribution in [-0.2, 0) is 4.74 Å². The van der Waals surface area contributed by atoms with Crippen molar-refractivity contribution in [3.05, 3.63) is 47.5 Å². The van der Waals surface area contributed by atoms with Gasteiger partial charge in [-0.1, -0.05) is 12.7 Å². The van der Waals surface area contributed by atoms with Gasteiger partial charge in [0.15, 0.2) is 0 Å². The first-order valence-electron chi connectivity index (χ1n) is 12.6. The van der Waals surface area contributed by atoms with Crippen LogP contribution < -0.4 is 0 Å². The first-order chi connectivity index (χ1) is 17.0. The second-order valence-corrected chi connectivity index (χ2v) is 10.0. The molecule has 7 nitrogen and oxygen atoms in total. The Morgan fingerprint density at radius 2 is 1.89 bits per heavy atom. The molecule has 3 fully saturated rings. The molecule has 2 atom stereocenters. The van der Waals surface area contributed by atoms with Crippen molar-refractivity contribution >= 4 is 11.6 Å². The third-order valence-electron chi connectivity index (χ3n) is 7.36. The number of carbonyl (C=O) groups excluding carboxylic acids is 1. The summed E-state index contributed by atoms with van der Waals surface area (Å²) in [5.74, 6) is -0.390. The number of piperidine rings is 1. The predicted molar refractivity (Wildman–Crippen MR) is 130 cm³/mol. The Hall–Kier alpha value is -2.59. The first kappa shape index (κ1) is 26.5. The fourth-order valence-corrected chi connectivity index (χ4v) is 5.51. The minimum atomic E-state index is -4.84. The van der Waals surface area contributed by atoms with Crippen LogP contribution in [0.5, 0.6) is 0 Å². The highest BCUT2D eigenvalue weighted by atomic mass is 19.4. The Balaban J connectivity index is 1.56. The van der Waals surface area contributed by atoms with Crippen molar-refractivity contribution in [1.82, 2.24) is 19.6 Å². The molecule has 10 heteroatoms. The number of hydrogen-bond donors (Lipinski definition) is 1.